The van der Waals surface area contributed by atoms with Crippen molar-refractivity contribution < 1.29 is 19.2 Å². The number of hydrogen-bond donors (Lipinski definition) is 0. The summed E-state index contributed by atoms with van der Waals surface area (Å²) in [5.74, 6) is 0.0741. The Morgan fingerprint density at radius 3 is 2.18 bits per heavy atom. The van der Waals surface area contributed by atoms with Crippen molar-refractivity contribution in [1.82, 2.24) is 5.01 Å². The summed E-state index contributed by atoms with van der Waals surface area (Å²) in [7, 11) is 0. The smallest absolute Gasteiger partial charge is 0.269 e. The number of nitro benzene ring substituents is 1. The third-order valence-corrected chi connectivity index (χ3v) is 7.92. The van der Waals surface area contributed by atoms with Crippen LogP contribution in [0.3, 0.4) is 0 Å². The third-order valence-electron chi connectivity index (χ3n) is 6.32. The van der Waals surface area contributed by atoms with Crippen molar-refractivity contribution in [2.24, 2.45) is 28.8 Å². The molecule has 2 aliphatic carbocycles. The molecule has 2 aromatic rings. The minimum atomic E-state index is -0.437. The molecule has 3 aliphatic rings. The van der Waals surface area contributed by atoms with Gasteiger partial charge in [0.05, 0.1) is 30.1 Å². The minimum absolute atomic E-state index is 0.0362. The summed E-state index contributed by atoms with van der Waals surface area (Å²) >= 11 is 4.33. The Morgan fingerprint density at radius 2 is 1.64 bits per heavy atom. The largest absolute Gasteiger partial charge is 0.487 e. The van der Waals surface area contributed by atoms with E-state index in [1.165, 1.54) is 18.3 Å². The van der Waals surface area contributed by atoms with Crippen LogP contribution in [-0.2, 0) is 16.2 Å². The van der Waals surface area contributed by atoms with Crippen LogP contribution in [0.25, 0.3) is 0 Å². The number of rotatable bonds is 6. The summed E-state index contributed by atoms with van der Waals surface area (Å²) < 4.78 is 7.64. The van der Waals surface area contributed by atoms with Crippen LogP contribution in [0.1, 0.15) is 17.5 Å². The molecule has 1 saturated carbocycles. The number of carbonyl (C=O) groups is 2. The lowest BCUT2D eigenvalue weighted by Gasteiger charge is -2.13. The van der Waals surface area contributed by atoms with Crippen molar-refractivity contribution in [2.45, 2.75) is 13.0 Å². The molecule has 0 unspecified atom stereocenters. The van der Waals surface area contributed by atoms with Crippen LogP contribution in [0.4, 0.5) is 5.69 Å². The molecule has 2 bridgehead atoms. The van der Waals surface area contributed by atoms with Gasteiger partial charge in [-0.1, -0.05) is 12.2 Å². The highest BCUT2D eigenvalue weighted by molar-refractivity contribution is 14.1. The van der Waals surface area contributed by atoms with E-state index < -0.39 is 4.92 Å². The lowest BCUT2D eigenvalue weighted by molar-refractivity contribution is -0.384. The van der Waals surface area contributed by atoms with Crippen LogP contribution in [0.15, 0.2) is 53.7 Å². The number of hydrazone groups is 1. The molecule has 168 valence electrons. The zero-order valence-electron chi connectivity index (χ0n) is 17.1. The number of halogens is 2. The molecule has 33 heavy (non-hydrogen) atoms. The Labute approximate surface area is 216 Å². The Bertz CT molecular complexity index is 1170. The Balaban J connectivity index is 1.28. The number of allylic oxidation sites excluding steroid dienone is 2. The maximum atomic E-state index is 12.8. The van der Waals surface area contributed by atoms with Gasteiger partial charge in [-0.2, -0.15) is 10.1 Å². The Hall–Kier alpha value is -2.35. The Morgan fingerprint density at radius 1 is 1.06 bits per heavy atom. The molecule has 2 amide bonds. The highest BCUT2D eigenvalue weighted by atomic mass is 127. The fraction of sp³-hybridized carbons (Fsp3) is 0.261. The maximum Gasteiger partial charge on any atom is 0.269 e. The number of hydrogen-bond acceptors (Lipinski definition) is 6. The number of carbonyl (C=O) groups excluding carboxylic acids is 2. The lowest BCUT2D eigenvalue weighted by Crippen LogP contribution is -2.28. The first-order valence-corrected chi connectivity index (χ1v) is 12.4. The predicted molar refractivity (Wildman–Crippen MR) is 136 cm³/mol. The van der Waals surface area contributed by atoms with Gasteiger partial charge in [0.2, 0.25) is 0 Å². The van der Waals surface area contributed by atoms with Crippen LogP contribution < -0.4 is 4.74 Å². The van der Waals surface area contributed by atoms with E-state index in [1.54, 1.807) is 12.1 Å². The zero-order chi connectivity index (χ0) is 23.3. The topological polar surface area (TPSA) is 102 Å². The summed E-state index contributed by atoms with van der Waals surface area (Å²) in [6.45, 7) is 0.271. The van der Waals surface area contributed by atoms with Gasteiger partial charge in [-0.3, -0.25) is 19.7 Å². The van der Waals surface area contributed by atoms with Gasteiger partial charge in [-0.05, 0) is 98.8 Å². The van der Waals surface area contributed by atoms with Crippen molar-refractivity contribution in [3.8, 4) is 5.75 Å². The number of nitrogens with zero attached hydrogens (tertiary/aromatic N) is 3. The van der Waals surface area contributed by atoms with Crippen molar-refractivity contribution in [2.75, 3.05) is 0 Å². The second kappa shape index (κ2) is 8.78. The molecule has 2 aromatic carbocycles. The van der Waals surface area contributed by atoms with Gasteiger partial charge < -0.3 is 4.74 Å². The number of amides is 2. The zero-order valence-corrected chi connectivity index (χ0v) is 21.4. The van der Waals surface area contributed by atoms with Crippen LogP contribution >= 0.6 is 45.2 Å². The van der Waals surface area contributed by atoms with Crippen LogP contribution in [-0.4, -0.2) is 28.0 Å². The van der Waals surface area contributed by atoms with E-state index in [-0.39, 0.29) is 47.8 Å². The van der Waals surface area contributed by atoms with Gasteiger partial charge in [0.15, 0.2) is 0 Å². The van der Waals surface area contributed by atoms with E-state index in [0.717, 1.165) is 29.7 Å². The number of non-ortho nitro benzene ring substituents is 1. The van der Waals surface area contributed by atoms with Crippen molar-refractivity contribution in [3.05, 3.63) is 76.9 Å². The SMILES string of the molecule is O=C1[C@@H]2[C@H](C(=O)N1N=Cc1cc(I)c(OCc3ccc([N+](=O)[O-])cc3)c(I)c1)[C@H]1C=C[C@H]2C1. The van der Waals surface area contributed by atoms with Gasteiger partial charge in [0.1, 0.15) is 12.4 Å². The van der Waals surface area contributed by atoms with Crippen molar-refractivity contribution in [3.63, 3.8) is 0 Å². The summed E-state index contributed by atoms with van der Waals surface area (Å²) in [5.41, 5.74) is 1.61. The average Bonchev–Trinajstić information content (AvgIpc) is 3.46. The number of ether oxygens (including phenoxy) is 1. The highest BCUT2D eigenvalue weighted by Gasteiger charge is 2.59. The van der Waals surface area contributed by atoms with Crippen LogP contribution in [0, 0.1) is 40.9 Å². The molecular weight excluding hydrogens is 652 g/mol. The highest BCUT2D eigenvalue weighted by Crippen LogP contribution is 2.52. The summed E-state index contributed by atoms with van der Waals surface area (Å²) in [6.07, 6.45) is 6.55. The van der Waals surface area contributed by atoms with Gasteiger partial charge >= 0.3 is 0 Å². The van der Waals surface area contributed by atoms with E-state index in [4.69, 9.17) is 4.74 Å². The second-order valence-electron chi connectivity index (χ2n) is 8.26. The second-order valence-corrected chi connectivity index (χ2v) is 10.6. The molecule has 0 aromatic heterocycles. The molecule has 1 saturated heterocycles. The summed E-state index contributed by atoms with van der Waals surface area (Å²) in [5, 5.41) is 16.1. The van der Waals surface area contributed by atoms with E-state index in [9.17, 15) is 19.7 Å². The summed E-state index contributed by atoms with van der Waals surface area (Å²) in [6, 6.07) is 9.97. The Kier molecular flexibility index (Phi) is 5.97. The molecule has 1 aliphatic heterocycles. The van der Waals surface area contributed by atoms with Crippen LogP contribution in [0.2, 0.25) is 0 Å². The molecule has 0 spiro atoms. The quantitative estimate of drug-likeness (QED) is 0.113. The third kappa shape index (κ3) is 4.07. The van der Waals surface area contributed by atoms with Gasteiger partial charge in [0.25, 0.3) is 17.5 Å². The van der Waals surface area contributed by atoms with Crippen molar-refractivity contribution in [1.29, 1.82) is 0 Å². The molecule has 2 fully saturated rings. The fourth-order valence-corrected chi connectivity index (χ4v) is 6.91. The molecular formula is C23H17I2N3O5. The van der Waals surface area contributed by atoms with E-state index >= 15 is 0 Å². The van der Waals surface area contributed by atoms with Crippen LogP contribution in [0.5, 0.6) is 5.75 Å². The molecule has 0 radical (unpaired) electrons. The monoisotopic (exact) mass is 669 g/mol. The lowest BCUT2D eigenvalue weighted by atomic mass is 9.85. The van der Waals surface area contributed by atoms with Gasteiger partial charge in [-0.15, -0.1) is 0 Å². The normalized spacial score (nSPS) is 25.3. The standard InChI is InChI=1S/C23H17I2N3O5/c24-17-7-13(8-18(25)21(17)33-11-12-1-5-16(6-2-12)28(31)32)10-26-27-22(29)19-14-3-4-15(9-14)20(19)23(27)30/h1-8,10,14-15,19-20H,9,11H2/t14-,15-,19-,20+/m0/s1. The van der Waals surface area contributed by atoms with Crippen molar-refractivity contribution >= 4 is 68.9 Å². The summed E-state index contributed by atoms with van der Waals surface area (Å²) in [4.78, 5) is 35.9. The van der Waals surface area contributed by atoms with Gasteiger partial charge in [-0.25, -0.2) is 0 Å². The number of fused-ring (bicyclic) bond motifs is 5. The molecule has 8 nitrogen and oxygen atoms in total. The number of benzene rings is 2. The molecule has 4 atom stereocenters. The minimum Gasteiger partial charge on any atom is -0.487 e. The number of nitro groups is 1. The maximum absolute atomic E-state index is 12.8. The van der Waals surface area contributed by atoms with E-state index in [2.05, 4.69) is 62.4 Å². The molecule has 0 N–H and O–H groups in total. The first-order chi connectivity index (χ1) is 15.8. The van der Waals surface area contributed by atoms with E-state index in [0.29, 0.717) is 5.75 Å². The molecule has 5 rings (SSSR count). The first-order valence-electron chi connectivity index (χ1n) is 10.3. The van der Waals surface area contributed by atoms with E-state index in [1.807, 2.05) is 12.1 Å². The fourth-order valence-electron chi connectivity index (χ4n) is 4.79. The predicted octanol–water partition coefficient (Wildman–Crippen LogP) is 4.52. The molecule has 10 heteroatoms. The first kappa shape index (κ1) is 22.4. The average molecular weight is 669 g/mol. The number of imide groups is 1. The molecule has 1 heterocycles. The van der Waals surface area contributed by atoms with Gasteiger partial charge in [0, 0.05) is 12.1 Å².